The molecule has 0 aliphatic heterocycles. The minimum absolute atomic E-state index is 0.172. The molecule has 3 atom stereocenters. The van der Waals surface area contributed by atoms with Crippen LogP contribution in [0, 0.1) is 11.3 Å². The van der Waals surface area contributed by atoms with Gasteiger partial charge in [0, 0.05) is 23.7 Å². The van der Waals surface area contributed by atoms with E-state index in [0.717, 1.165) is 5.56 Å². The van der Waals surface area contributed by atoms with E-state index in [9.17, 15) is 24.0 Å². The Morgan fingerprint density at radius 2 is 1.48 bits per heavy atom. The smallest absolute Gasteiger partial charge is 0.289 e. The van der Waals surface area contributed by atoms with Crippen LogP contribution in [0.3, 0.4) is 0 Å². The maximum atomic E-state index is 13.4. The summed E-state index contributed by atoms with van der Waals surface area (Å²) in [6.45, 7) is 10.5. The molecule has 2 aromatic carbocycles. The van der Waals surface area contributed by atoms with Crippen LogP contribution < -0.4 is 21.3 Å². The first-order valence-corrected chi connectivity index (χ1v) is 13.9. The van der Waals surface area contributed by atoms with E-state index in [0.29, 0.717) is 16.5 Å². The SMILES string of the molecule is CC(NC(=O)C(NC(=O)c1cccc2ncccc12)C(C)(C)C)C(=O)NC(C(=O)C(=O)NCc1ccccc1)C(C)C. The van der Waals surface area contributed by atoms with E-state index >= 15 is 0 Å². The summed E-state index contributed by atoms with van der Waals surface area (Å²) in [5.74, 6) is -3.63. The Morgan fingerprint density at radius 1 is 0.786 bits per heavy atom. The molecule has 3 rings (SSSR count). The molecule has 0 spiro atoms. The predicted octanol–water partition coefficient (Wildman–Crippen LogP) is 2.91. The molecule has 0 saturated heterocycles. The lowest BCUT2D eigenvalue weighted by molar-refractivity contribution is -0.141. The zero-order valence-electron chi connectivity index (χ0n) is 24.9. The van der Waals surface area contributed by atoms with Crippen LogP contribution >= 0.6 is 0 Å². The standard InChI is InChI=1S/C32H39N5O5/c1-19(2)25(26(38)30(41)34-18-21-12-8-7-9-13-21)36-28(39)20(3)35-31(42)27(32(4,5)6)37-29(40)23-14-10-16-24-22(23)15-11-17-33-24/h7-17,19-20,25,27H,18H2,1-6H3,(H,34,41)(H,35,42)(H,36,39)(H,37,40). The van der Waals surface area contributed by atoms with E-state index in [2.05, 4.69) is 26.3 Å². The van der Waals surface area contributed by atoms with Gasteiger partial charge in [-0.2, -0.15) is 0 Å². The number of nitrogens with one attached hydrogen (secondary N) is 4. The minimum atomic E-state index is -1.09. The molecule has 1 heterocycles. The predicted molar refractivity (Wildman–Crippen MR) is 160 cm³/mol. The summed E-state index contributed by atoms with van der Waals surface area (Å²) in [4.78, 5) is 69.4. The summed E-state index contributed by atoms with van der Waals surface area (Å²) in [5, 5.41) is 11.3. The maximum absolute atomic E-state index is 13.4. The van der Waals surface area contributed by atoms with Gasteiger partial charge in [0.05, 0.1) is 11.6 Å². The molecule has 0 aliphatic carbocycles. The largest absolute Gasteiger partial charge is 0.345 e. The highest BCUT2D eigenvalue weighted by Crippen LogP contribution is 2.22. The zero-order chi connectivity index (χ0) is 31.0. The van der Waals surface area contributed by atoms with Crippen LogP contribution in [0.5, 0.6) is 0 Å². The van der Waals surface area contributed by atoms with E-state index < -0.39 is 53.0 Å². The van der Waals surface area contributed by atoms with Crippen molar-refractivity contribution in [1.29, 1.82) is 0 Å². The number of amides is 4. The highest BCUT2D eigenvalue weighted by atomic mass is 16.2. The van der Waals surface area contributed by atoms with Crippen LogP contribution in [0.15, 0.2) is 66.9 Å². The van der Waals surface area contributed by atoms with Crippen molar-refractivity contribution < 1.29 is 24.0 Å². The van der Waals surface area contributed by atoms with Gasteiger partial charge in [-0.1, -0.05) is 77.1 Å². The van der Waals surface area contributed by atoms with E-state index in [-0.39, 0.29) is 12.5 Å². The van der Waals surface area contributed by atoms with E-state index in [1.807, 2.05) is 30.3 Å². The number of carbonyl (C=O) groups is 5. The van der Waals surface area contributed by atoms with Gasteiger partial charge in [0.1, 0.15) is 12.1 Å². The topological polar surface area (TPSA) is 146 Å². The number of fused-ring (bicyclic) bond motifs is 1. The molecule has 3 unspecified atom stereocenters. The quantitative estimate of drug-likeness (QED) is 0.260. The fourth-order valence-corrected chi connectivity index (χ4v) is 4.37. The molecule has 42 heavy (non-hydrogen) atoms. The number of hydrogen-bond donors (Lipinski definition) is 4. The van der Waals surface area contributed by atoms with Crippen LogP contribution in [0.2, 0.25) is 0 Å². The summed E-state index contributed by atoms with van der Waals surface area (Å²) < 4.78 is 0. The van der Waals surface area contributed by atoms with Gasteiger partial charge in [-0.05, 0) is 42.0 Å². The van der Waals surface area contributed by atoms with Crippen molar-refractivity contribution >= 4 is 40.3 Å². The fraction of sp³-hybridized carbons (Fsp3) is 0.375. The second-order valence-electron chi connectivity index (χ2n) is 11.6. The van der Waals surface area contributed by atoms with Crippen LogP contribution in [-0.4, -0.2) is 52.5 Å². The second kappa shape index (κ2) is 13.8. The number of benzene rings is 2. The fourth-order valence-electron chi connectivity index (χ4n) is 4.37. The lowest BCUT2D eigenvalue weighted by atomic mass is 9.85. The maximum Gasteiger partial charge on any atom is 0.289 e. The summed E-state index contributed by atoms with van der Waals surface area (Å²) in [6, 6.07) is 14.7. The molecule has 0 radical (unpaired) electrons. The first-order valence-electron chi connectivity index (χ1n) is 13.9. The van der Waals surface area contributed by atoms with Crippen molar-refractivity contribution in [3.63, 3.8) is 0 Å². The molecule has 1 aromatic heterocycles. The van der Waals surface area contributed by atoms with Crippen LogP contribution in [0.25, 0.3) is 10.9 Å². The molecule has 10 nitrogen and oxygen atoms in total. The Hall–Kier alpha value is -4.60. The van der Waals surface area contributed by atoms with Gasteiger partial charge in [-0.15, -0.1) is 0 Å². The summed E-state index contributed by atoms with van der Waals surface area (Å²) >= 11 is 0. The number of pyridine rings is 1. The molecule has 4 N–H and O–H groups in total. The third-order valence-corrected chi connectivity index (χ3v) is 6.81. The van der Waals surface area contributed by atoms with Gasteiger partial charge in [-0.25, -0.2) is 0 Å². The first-order chi connectivity index (χ1) is 19.8. The minimum Gasteiger partial charge on any atom is -0.345 e. The second-order valence-corrected chi connectivity index (χ2v) is 11.6. The summed E-state index contributed by atoms with van der Waals surface area (Å²) in [6.07, 6.45) is 1.64. The van der Waals surface area contributed by atoms with E-state index in [1.54, 1.807) is 71.1 Å². The van der Waals surface area contributed by atoms with Crippen molar-refractivity contribution in [2.45, 2.75) is 66.2 Å². The van der Waals surface area contributed by atoms with Gasteiger partial charge >= 0.3 is 0 Å². The van der Waals surface area contributed by atoms with Crippen LogP contribution in [0.1, 0.15) is 57.5 Å². The highest BCUT2D eigenvalue weighted by molar-refractivity contribution is 6.38. The molecular weight excluding hydrogens is 534 g/mol. The van der Waals surface area contributed by atoms with Crippen molar-refractivity contribution in [3.8, 4) is 0 Å². The number of ketones is 1. The van der Waals surface area contributed by atoms with Gasteiger partial charge in [-0.3, -0.25) is 29.0 Å². The third kappa shape index (κ3) is 8.22. The van der Waals surface area contributed by atoms with Crippen molar-refractivity contribution in [3.05, 3.63) is 78.0 Å². The Balaban J connectivity index is 1.66. The van der Waals surface area contributed by atoms with E-state index in [1.165, 1.54) is 6.92 Å². The van der Waals surface area contributed by atoms with Gasteiger partial charge in [0.15, 0.2) is 0 Å². The lowest BCUT2D eigenvalue weighted by Gasteiger charge is -2.31. The van der Waals surface area contributed by atoms with Crippen molar-refractivity contribution in [2.24, 2.45) is 11.3 Å². The Morgan fingerprint density at radius 3 is 2.12 bits per heavy atom. The Labute approximate surface area is 246 Å². The monoisotopic (exact) mass is 573 g/mol. The number of nitrogens with zero attached hydrogens (tertiary/aromatic N) is 1. The summed E-state index contributed by atoms with van der Waals surface area (Å²) in [5.41, 5.74) is 1.15. The van der Waals surface area contributed by atoms with Crippen molar-refractivity contribution in [2.75, 3.05) is 0 Å². The van der Waals surface area contributed by atoms with Crippen molar-refractivity contribution in [1.82, 2.24) is 26.3 Å². The molecule has 0 aliphatic rings. The first kappa shape index (κ1) is 31.9. The number of rotatable bonds is 11. The van der Waals surface area contributed by atoms with Gasteiger partial charge in [0.2, 0.25) is 17.6 Å². The molecule has 0 bridgehead atoms. The number of hydrogen-bond acceptors (Lipinski definition) is 6. The van der Waals surface area contributed by atoms with Gasteiger partial charge in [0.25, 0.3) is 11.8 Å². The molecule has 4 amide bonds. The van der Waals surface area contributed by atoms with Crippen LogP contribution in [-0.2, 0) is 25.7 Å². The molecular formula is C32H39N5O5. The lowest BCUT2D eigenvalue weighted by Crippen LogP contribution is -2.59. The summed E-state index contributed by atoms with van der Waals surface area (Å²) in [7, 11) is 0. The average Bonchev–Trinajstić information content (AvgIpc) is 2.96. The molecule has 0 fully saturated rings. The third-order valence-electron chi connectivity index (χ3n) is 6.81. The molecule has 3 aromatic rings. The number of Topliss-reactive ketones (excluding diaryl/α,β-unsaturated/α-hetero) is 1. The van der Waals surface area contributed by atoms with Crippen LogP contribution in [0.4, 0.5) is 0 Å². The molecule has 10 heteroatoms. The Bertz CT molecular complexity index is 1440. The Kier molecular flexibility index (Phi) is 10.5. The number of aromatic nitrogens is 1. The zero-order valence-corrected chi connectivity index (χ0v) is 24.9. The number of carbonyl (C=O) groups excluding carboxylic acids is 5. The average molecular weight is 574 g/mol. The molecule has 0 saturated carbocycles. The normalized spacial score (nSPS) is 13.5. The highest BCUT2D eigenvalue weighted by Gasteiger charge is 2.36. The molecule has 222 valence electrons. The van der Waals surface area contributed by atoms with Gasteiger partial charge < -0.3 is 21.3 Å². The van der Waals surface area contributed by atoms with E-state index in [4.69, 9.17) is 0 Å².